The van der Waals surface area contributed by atoms with Crippen molar-refractivity contribution in [1.29, 1.82) is 0 Å². The maximum atomic E-state index is 11.7. The molecule has 0 bridgehead atoms. The normalized spacial score (nSPS) is 15.6. The van der Waals surface area contributed by atoms with Crippen molar-refractivity contribution < 1.29 is 24.2 Å². The first-order valence-corrected chi connectivity index (χ1v) is 6.34. The third kappa shape index (κ3) is 3.92. The van der Waals surface area contributed by atoms with Crippen LogP contribution in [0.4, 0.5) is 0 Å². The Bertz CT molecular complexity index is 485. The molecule has 2 N–H and O–H groups in total. The lowest BCUT2D eigenvalue weighted by molar-refractivity contribution is -0.124. The zero-order valence-corrected chi connectivity index (χ0v) is 10.9. The van der Waals surface area contributed by atoms with Gasteiger partial charge in [-0.05, 0) is 18.9 Å². The van der Waals surface area contributed by atoms with E-state index >= 15 is 0 Å². The number of hydrogen-bond acceptors (Lipinski definition) is 5. The molecule has 0 atom stereocenters. The van der Waals surface area contributed by atoms with Crippen LogP contribution in [0.3, 0.4) is 0 Å². The zero-order chi connectivity index (χ0) is 14.4. The third-order valence-electron chi connectivity index (χ3n) is 2.96. The van der Waals surface area contributed by atoms with Crippen LogP contribution in [0.5, 0.6) is 5.75 Å². The molecule has 1 fully saturated rings. The van der Waals surface area contributed by atoms with Gasteiger partial charge in [0, 0.05) is 25.5 Å². The van der Waals surface area contributed by atoms with E-state index in [0.717, 1.165) is 12.8 Å². The molecule has 0 unspecified atom stereocenters. The van der Waals surface area contributed by atoms with Crippen molar-refractivity contribution in [1.82, 2.24) is 10.3 Å². The van der Waals surface area contributed by atoms with Crippen molar-refractivity contribution in [3.8, 4) is 5.75 Å². The summed E-state index contributed by atoms with van der Waals surface area (Å²) in [5.41, 5.74) is -0.0149. The minimum Gasteiger partial charge on any atom is -0.481 e. The van der Waals surface area contributed by atoms with Crippen LogP contribution in [-0.4, -0.2) is 47.8 Å². The molecule has 7 nitrogen and oxygen atoms in total. The van der Waals surface area contributed by atoms with Crippen molar-refractivity contribution in [3.05, 3.63) is 24.0 Å². The molecule has 1 aromatic rings. The van der Waals surface area contributed by atoms with E-state index < -0.39 is 5.97 Å². The largest absolute Gasteiger partial charge is 0.481 e. The number of carbonyl (C=O) groups excluding carboxylic acids is 1. The van der Waals surface area contributed by atoms with Crippen LogP contribution in [0.25, 0.3) is 0 Å². The summed E-state index contributed by atoms with van der Waals surface area (Å²) in [6, 6.07) is 1.42. The van der Waals surface area contributed by atoms with Crippen molar-refractivity contribution >= 4 is 11.9 Å². The van der Waals surface area contributed by atoms with Gasteiger partial charge in [0.15, 0.2) is 12.4 Å². The van der Waals surface area contributed by atoms with Crippen molar-refractivity contribution in [2.45, 2.75) is 18.9 Å². The molecule has 2 heterocycles. The Kier molecular flexibility index (Phi) is 4.89. The number of hydrogen-bond donors (Lipinski definition) is 2. The summed E-state index contributed by atoms with van der Waals surface area (Å²) < 4.78 is 10.4. The van der Waals surface area contributed by atoms with Gasteiger partial charge in [-0.1, -0.05) is 0 Å². The van der Waals surface area contributed by atoms with E-state index in [1.54, 1.807) is 0 Å². The lowest BCUT2D eigenvalue weighted by Gasteiger charge is -2.23. The van der Waals surface area contributed by atoms with Crippen LogP contribution in [0.1, 0.15) is 23.2 Å². The molecule has 1 aliphatic heterocycles. The van der Waals surface area contributed by atoms with Crippen molar-refractivity contribution in [3.63, 3.8) is 0 Å². The van der Waals surface area contributed by atoms with Gasteiger partial charge in [0.25, 0.3) is 5.91 Å². The highest BCUT2D eigenvalue weighted by Gasteiger charge is 2.17. The molecule has 0 aromatic carbocycles. The van der Waals surface area contributed by atoms with Crippen LogP contribution < -0.4 is 10.1 Å². The number of nitrogens with zero attached hydrogens (tertiary/aromatic N) is 1. The molecule has 20 heavy (non-hydrogen) atoms. The second-order valence-electron chi connectivity index (χ2n) is 4.42. The highest BCUT2D eigenvalue weighted by Crippen LogP contribution is 2.16. The number of nitrogens with one attached hydrogen (secondary N) is 1. The van der Waals surface area contributed by atoms with Crippen molar-refractivity contribution in [2.75, 3.05) is 19.8 Å². The number of carboxylic acids is 1. The van der Waals surface area contributed by atoms with Crippen LogP contribution >= 0.6 is 0 Å². The third-order valence-corrected chi connectivity index (χ3v) is 2.96. The van der Waals surface area contributed by atoms with Gasteiger partial charge in [-0.2, -0.15) is 0 Å². The maximum absolute atomic E-state index is 11.7. The maximum Gasteiger partial charge on any atom is 0.339 e. The molecule has 0 spiro atoms. The Hall–Kier alpha value is -2.15. The molecule has 2 rings (SSSR count). The minimum atomic E-state index is -1.12. The predicted octanol–water partition coefficient (Wildman–Crippen LogP) is 0.454. The first-order chi connectivity index (χ1) is 9.66. The molecule has 108 valence electrons. The van der Waals surface area contributed by atoms with Crippen LogP contribution in [0.15, 0.2) is 18.5 Å². The number of ether oxygens (including phenoxy) is 2. The number of pyridine rings is 1. The zero-order valence-electron chi connectivity index (χ0n) is 10.9. The second-order valence-corrected chi connectivity index (χ2v) is 4.42. The number of aromatic nitrogens is 1. The molecule has 1 aromatic heterocycles. The quantitative estimate of drug-likeness (QED) is 0.813. The van der Waals surface area contributed by atoms with E-state index in [0.29, 0.717) is 13.2 Å². The fourth-order valence-corrected chi connectivity index (χ4v) is 1.93. The average molecular weight is 280 g/mol. The smallest absolute Gasteiger partial charge is 0.339 e. The van der Waals surface area contributed by atoms with Gasteiger partial charge in [0.1, 0.15) is 5.56 Å². The van der Waals surface area contributed by atoms with Gasteiger partial charge >= 0.3 is 5.97 Å². The van der Waals surface area contributed by atoms with Gasteiger partial charge in [-0.3, -0.25) is 9.78 Å². The van der Waals surface area contributed by atoms with E-state index in [2.05, 4.69) is 10.3 Å². The highest BCUT2D eigenvalue weighted by molar-refractivity contribution is 5.90. The molecule has 1 amide bonds. The molecular formula is C13H16N2O5. The average Bonchev–Trinajstić information content (AvgIpc) is 2.46. The Balaban J connectivity index is 1.85. The lowest BCUT2D eigenvalue weighted by atomic mass is 10.1. The Morgan fingerprint density at radius 3 is 2.90 bits per heavy atom. The Morgan fingerprint density at radius 2 is 2.20 bits per heavy atom. The van der Waals surface area contributed by atoms with Crippen LogP contribution in [0.2, 0.25) is 0 Å². The molecule has 0 radical (unpaired) electrons. The molecular weight excluding hydrogens is 264 g/mol. The fourth-order valence-electron chi connectivity index (χ4n) is 1.93. The van der Waals surface area contributed by atoms with Gasteiger partial charge in [0.2, 0.25) is 0 Å². The molecule has 0 aliphatic carbocycles. The molecule has 1 saturated heterocycles. The number of aromatic carboxylic acids is 1. The van der Waals surface area contributed by atoms with E-state index in [-0.39, 0.29) is 29.9 Å². The van der Waals surface area contributed by atoms with Gasteiger partial charge < -0.3 is 19.9 Å². The number of carbonyl (C=O) groups is 2. The summed E-state index contributed by atoms with van der Waals surface area (Å²) >= 11 is 0. The monoisotopic (exact) mass is 280 g/mol. The SMILES string of the molecule is O=C(COc1cnccc1C(=O)O)NC1CCOCC1. The Morgan fingerprint density at radius 1 is 1.45 bits per heavy atom. The number of carboxylic acid groups (broad SMARTS) is 1. The fraction of sp³-hybridized carbons (Fsp3) is 0.462. The number of amides is 1. The standard InChI is InChI=1S/C13H16N2O5/c16-12(15-9-2-5-19-6-3-9)8-20-11-7-14-4-1-10(11)13(17)18/h1,4,7,9H,2-3,5-6,8H2,(H,15,16)(H,17,18). The van der Waals surface area contributed by atoms with Crippen molar-refractivity contribution in [2.24, 2.45) is 0 Å². The van der Waals surface area contributed by atoms with E-state index in [4.69, 9.17) is 14.6 Å². The lowest BCUT2D eigenvalue weighted by Crippen LogP contribution is -2.41. The van der Waals surface area contributed by atoms with E-state index in [9.17, 15) is 9.59 Å². The Labute approximate surface area is 115 Å². The molecule has 7 heteroatoms. The van der Waals surface area contributed by atoms with Gasteiger partial charge in [-0.25, -0.2) is 4.79 Å². The number of rotatable bonds is 5. The molecule has 1 aliphatic rings. The predicted molar refractivity (Wildman–Crippen MR) is 68.7 cm³/mol. The first kappa shape index (κ1) is 14.3. The van der Waals surface area contributed by atoms with Crippen LogP contribution in [-0.2, 0) is 9.53 Å². The van der Waals surface area contributed by atoms with E-state index in [1.165, 1.54) is 18.5 Å². The summed E-state index contributed by atoms with van der Waals surface area (Å²) in [6.07, 6.45) is 4.20. The topological polar surface area (TPSA) is 97.8 Å². The summed E-state index contributed by atoms with van der Waals surface area (Å²) in [4.78, 5) is 26.5. The first-order valence-electron chi connectivity index (χ1n) is 6.34. The summed E-state index contributed by atoms with van der Waals surface area (Å²) in [6.45, 7) is 1.04. The van der Waals surface area contributed by atoms with Gasteiger partial charge in [-0.15, -0.1) is 0 Å². The molecule has 0 saturated carbocycles. The second kappa shape index (κ2) is 6.85. The minimum absolute atomic E-state index is 0.0149. The highest BCUT2D eigenvalue weighted by atomic mass is 16.5. The van der Waals surface area contributed by atoms with Crippen LogP contribution in [0, 0.1) is 0 Å². The summed E-state index contributed by atoms with van der Waals surface area (Å²) in [5, 5.41) is 11.8. The summed E-state index contributed by atoms with van der Waals surface area (Å²) in [5.74, 6) is -1.31. The van der Waals surface area contributed by atoms with Gasteiger partial charge in [0.05, 0.1) is 6.20 Å². The van der Waals surface area contributed by atoms with E-state index in [1.807, 2.05) is 0 Å². The summed E-state index contributed by atoms with van der Waals surface area (Å²) in [7, 11) is 0.